The van der Waals surface area contributed by atoms with Gasteiger partial charge in [-0.15, -0.1) is 0 Å². The second-order valence-corrected chi connectivity index (χ2v) is 6.25. The molecule has 0 heterocycles. The van der Waals surface area contributed by atoms with Crippen LogP contribution in [0, 0.1) is 0 Å². The van der Waals surface area contributed by atoms with E-state index in [1.54, 1.807) is 0 Å². The molecule has 9 heteroatoms. The maximum absolute atomic E-state index is 5.41. The summed E-state index contributed by atoms with van der Waals surface area (Å²) in [6.45, 7) is 11.6. The summed E-state index contributed by atoms with van der Waals surface area (Å²) in [5, 5.41) is 0. The van der Waals surface area contributed by atoms with Crippen molar-refractivity contribution in [3.63, 3.8) is 0 Å². The fourth-order valence-electron chi connectivity index (χ4n) is 1.74. The highest BCUT2D eigenvalue weighted by atomic mass is 127. The Labute approximate surface area is 177 Å². The van der Waals surface area contributed by atoms with Crippen LogP contribution in [0.25, 0.3) is 0 Å². The average Bonchev–Trinajstić information content (AvgIpc) is 2.68. The van der Waals surface area contributed by atoms with Gasteiger partial charge in [-0.25, -0.2) is 0 Å². The predicted octanol–water partition coefficient (Wildman–Crippen LogP) is 1.57. The van der Waals surface area contributed by atoms with Crippen molar-refractivity contribution in [2.24, 2.45) is 0 Å². The Bertz CT molecular complexity index is 238. The first-order valence-electron chi connectivity index (χ1n) is 9.59. The number of alkyl halides is 1. The molecule has 0 N–H and O–H groups in total. The summed E-state index contributed by atoms with van der Waals surface area (Å²) in [7, 11) is 0. The Morgan fingerprint density at radius 3 is 0.815 bits per heavy atom. The lowest BCUT2D eigenvalue weighted by Crippen LogP contribution is -2.15. The average molecular weight is 508 g/mol. The number of hydrogen-bond donors (Lipinski definition) is 0. The molecule has 0 fully saturated rings. The highest BCUT2D eigenvalue weighted by molar-refractivity contribution is 14.1. The summed E-state index contributed by atoms with van der Waals surface area (Å²) in [5.74, 6) is 0. The molecule has 0 unspecified atom stereocenters. The molecule has 27 heavy (non-hydrogen) atoms. The molecular formula is C18H37IO8. The van der Waals surface area contributed by atoms with E-state index in [4.69, 9.17) is 37.9 Å². The highest BCUT2D eigenvalue weighted by Gasteiger charge is 1.94. The maximum atomic E-state index is 5.41. The molecule has 8 nitrogen and oxygen atoms in total. The van der Waals surface area contributed by atoms with Crippen LogP contribution in [-0.4, -0.2) is 110 Å². The van der Waals surface area contributed by atoms with E-state index >= 15 is 0 Å². The second kappa shape index (κ2) is 26.4. The van der Waals surface area contributed by atoms with E-state index in [-0.39, 0.29) is 0 Å². The molecule has 0 aromatic rings. The zero-order valence-electron chi connectivity index (χ0n) is 16.7. The van der Waals surface area contributed by atoms with Gasteiger partial charge in [0.05, 0.1) is 99.1 Å². The third-order valence-corrected chi connectivity index (χ3v) is 3.47. The third kappa shape index (κ3) is 26.4. The molecule has 0 bridgehead atoms. The molecule has 0 aliphatic rings. The van der Waals surface area contributed by atoms with E-state index in [0.29, 0.717) is 92.5 Å². The van der Waals surface area contributed by atoms with Crippen LogP contribution >= 0.6 is 22.6 Å². The van der Waals surface area contributed by atoms with Crippen molar-refractivity contribution in [2.75, 3.05) is 110 Å². The maximum Gasteiger partial charge on any atom is 0.0701 e. The quantitative estimate of drug-likeness (QED) is 0.111. The van der Waals surface area contributed by atoms with E-state index in [2.05, 4.69) is 22.6 Å². The van der Waals surface area contributed by atoms with Gasteiger partial charge in [-0.05, 0) is 6.92 Å². The topological polar surface area (TPSA) is 73.8 Å². The van der Waals surface area contributed by atoms with Gasteiger partial charge >= 0.3 is 0 Å². The SMILES string of the molecule is CCOCCOCCOCCOCCOCCOCCOCCOCCI. The van der Waals surface area contributed by atoms with Crippen molar-refractivity contribution in [3.8, 4) is 0 Å². The summed E-state index contributed by atoms with van der Waals surface area (Å²) in [6.07, 6.45) is 0. The fourth-order valence-corrected chi connectivity index (χ4v) is 2.05. The van der Waals surface area contributed by atoms with Crippen molar-refractivity contribution < 1.29 is 37.9 Å². The van der Waals surface area contributed by atoms with Crippen molar-refractivity contribution in [1.82, 2.24) is 0 Å². The van der Waals surface area contributed by atoms with Gasteiger partial charge in [-0.1, -0.05) is 22.6 Å². The van der Waals surface area contributed by atoms with Crippen molar-refractivity contribution in [3.05, 3.63) is 0 Å². The van der Waals surface area contributed by atoms with Crippen LogP contribution in [0.4, 0.5) is 0 Å². The Morgan fingerprint density at radius 1 is 0.370 bits per heavy atom. The molecule has 0 atom stereocenters. The van der Waals surface area contributed by atoms with Gasteiger partial charge in [-0.3, -0.25) is 0 Å². The number of rotatable bonds is 24. The molecule has 0 saturated carbocycles. The van der Waals surface area contributed by atoms with Gasteiger partial charge in [0.25, 0.3) is 0 Å². The Balaban J connectivity index is 2.95. The fraction of sp³-hybridized carbons (Fsp3) is 1.00. The molecule has 0 radical (unpaired) electrons. The van der Waals surface area contributed by atoms with Crippen LogP contribution in [0.15, 0.2) is 0 Å². The van der Waals surface area contributed by atoms with Crippen LogP contribution in [0.3, 0.4) is 0 Å². The minimum atomic E-state index is 0.550. The van der Waals surface area contributed by atoms with Crippen LogP contribution in [0.1, 0.15) is 6.92 Å². The first-order valence-corrected chi connectivity index (χ1v) is 11.1. The van der Waals surface area contributed by atoms with Gasteiger partial charge in [0.2, 0.25) is 0 Å². The zero-order valence-corrected chi connectivity index (χ0v) is 18.8. The summed E-state index contributed by atoms with van der Waals surface area (Å²) in [6, 6.07) is 0. The predicted molar refractivity (Wildman–Crippen MR) is 111 cm³/mol. The van der Waals surface area contributed by atoms with Crippen molar-refractivity contribution in [1.29, 1.82) is 0 Å². The van der Waals surface area contributed by atoms with Crippen LogP contribution < -0.4 is 0 Å². The molecule has 0 aliphatic carbocycles. The molecule has 0 aliphatic heterocycles. The monoisotopic (exact) mass is 508 g/mol. The minimum absolute atomic E-state index is 0.550. The largest absolute Gasteiger partial charge is 0.379 e. The second-order valence-electron chi connectivity index (χ2n) is 5.17. The van der Waals surface area contributed by atoms with Gasteiger partial charge in [0.1, 0.15) is 0 Å². The third-order valence-electron chi connectivity index (χ3n) is 3.03. The molecule has 0 rings (SSSR count). The molecule has 0 aromatic carbocycles. The van der Waals surface area contributed by atoms with E-state index in [1.807, 2.05) is 6.92 Å². The van der Waals surface area contributed by atoms with Crippen LogP contribution in [0.2, 0.25) is 0 Å². The molecule has 164 valence electrons. The zero-order chi connectivity index (χ0) is 19.7. The van der Waals surface area contributed by atoms with Gasteiger partial charge in [-0.2, -0.15) is 0 Å². The lowest BCUT2D eigenvalue weighted by molar-refractivity contribution is -0.0225. The number of hydrogen-bond acceptors (Lipinski definition) is 8. The van der Waals surface area contributed by atoms with Crippen molar-refractivity contribution >= 4 is 22.6 Å². The van der Waals surface area contributed by atoms with E-state index in [1.165, 1.54) is 0 Å². The molecule has 0 spiro atoms. The van der Waals surface area contributed by atoms with Crippen LogP contribution in [0.5, 0.6) is 0 Å². The van der Waals surface area contributed by atoms with Crippen molar-refractivity contribution in [2.45, 2.75) is 6.92 Å². The summed E-state index contributed by atoms with van der Waals surface area (Å²) < 4.78 is 43.8. The van der Waals surface area contributed by atoms with E-state index in [0.717, 1.165) is 17.6 Å². The minimum Gasteiger partial charge on any atom is -0.379 e. The van der Waals surface area contributed by atoms with Gasteiger partial charge < -0.3 is 37.9 Å². The smallest absolute Gasteiger partial charge is 0.0701 e. The summed E-state index contributed by atoms with van der Waals surface area (Å²) >= 11 is 2.28. The molecule has 0 saturated heterocycles. The number of ether oxygens (including phenoxy) is 8. The Hall–Kier alpha value is 0.410. The summed E-state index contributed by atoms with van der Waals surface area (Å²) in [4.78, 5) is 0. The standard InChI is InChI=1S/C18H37IO8/c1-2-20-5-6-22-9-10-24-13-14-26-17-18-27-16-15-25-12-11-23-8-7-21-4-3-19/h2-18H2,1H3. The molecule has 0 amide bonds. The Morgan fingerprint density at radius 2 is 0.593 bits per heavy atom. The molecule has 0 aromatic heterocycles. The first-order chi connectivity index (χ1) is 13.4. The highest BCUT2D eigenvalue weighted by Crippen LogP contribution is 1.86. The van der Waals surface area contributed by atoms with Gasteiger partial charge in [0.15, 0.2) is 0 Å². The first kappa shape index (κ1) is 27.4. The lowest BCUT2D eigenvalue weighted by atomic mass is 10.6. The summed E-state index contributed by atoms with van der Waals surface area (Å²) in [5.41, 5.74) is 0. The number of halogens is 1. The lowest BCUT2D eigenvalue weighted by Gasteiger charge is -2.08. The van der Waals surface area contributed by atoms with E-state index in [9.17, 15) is 0 Å². The molecular weight excluding hydrogens is 471 g/mol. The van der Waals surface area contributed by atoms with E-state index < -0.39 is 0 Å². The Kier molecular flexibility index (Phi) is 26.8. The normalized spacial score (nSPS) is 11.3. The van der Waals surface area contributed by atoms with Crippen LogP contribution in [-0.2, 0) is 37.9 Å². The van der Waals surface area contributed by atoms with Gasteiger partial charge in [0, 0.05) is 11.0 Å².